The van der Waals surface area contributed by atoms with Gasteiger partial charge < -0.3 is 14.8 Å². The number of nitrogens with one attached hydrogen (secondary N) is 3. The van der Waals surface area contributed by atoms with Crippen LogP contribution in [0.2, 0.25) is 0 Å². The van der Waals surface area contributed by atoms with Crippen molar-refractivity contribution in [2.45, 2.75) is 6.92 Å². The highest BCUT2D eigenvalue weighted by Gasteiger charge is 2.14. The standard InChI is InChI=1S/C19H19N5O4/c1-11(25)20-13-5-4-6-14(10-13)21-23-18-17(22-24-19(18)26)12-7-8-15(27-2)16(9-12)28-3/h4-10H,1-3H3,(H,20,25)(H2,22,24,26). The molecule has 1 heterocycles. The smallest absolute Gasteiger partial charge is 0.292 e. The number of benzene rings is 2. The quantitative estimate of drug-likeness (QED) is 0.563. The van der Waals surface area contributed by atoms with Crippen molar-refractivity contribution in [2.24, 2.45) is 10.2 Å². The normalized spacial score (nSPS) is 10.8. The molecule has 0 fully saturated rings. The van der Waals surface area contributed by atoms with E-state index in [-0.39, 0.29) is 11.6 Å². The number of methoxy groups -OCH3 is 2. The number of aromatic nitrogens is 2. The number of ether oxygens (including phenoxy) is 2. The van der Waals surface area contributed by atoms with E-state index in [1.165, 1.54) is 14.0 Å². The van der Waals surface area contributed by atoms with Crippen molar-refractivity contribution in [3.63, 3.8) is 0 Å². The molecule has 3 N–H and O–H groups in total. The fraction of sp³-hybridized carbons (Fsp3) is 0.158. The monoisotopic (exact) mass is 381 g/mol. The van der Waals surface area contributed by atoms with Gasteiger partial charge in [-0.05, 0) is 36.4 Å². The summed E-state index contributed by atoms with van der Waals surface area (Å²) in [5.41, 5.74) is 1.94. The zero-order chi connectivity index (χ0) is 20.1. The van der Waals surface area contributed by atoms with Gasteiger partial charge in [0.2, 0.25) is 5.91 Å². The third-order valence-corrected chi connectivity index (χ3v) is 3.86. The molecule has 144 valence electrons. The first-order chi connectivity index (χ1) is 13.5. The average molecular weight is 381 g/mol. The van der Waals surface area contributed by atoms with Gasteiger partial charge in [0, 0.05) is 18.2 Å². The Kier molecular flexibility index (Phi) is 5.54. The van der Waals surface area contributed by atoms with Crippen LogP contribution in [-0.4, -0.2) is 30.3 Å². The molecule has 0 bridgehead atoms. The van der Waals surface area contributed by atoms with E-state index >= 15 is 0 Å². The number of aromatic amines is 2. The number of anilines is 1. The van der Waals surface area contributed by atoms with Gasteiger partial charge in [-0.15, -0.1) is 5.11 Å². The lowest BCUT2D eigenvalue weighted by atomic mass is 10.1. The van der Waals surface area contributed by atoms with Crippen LogP contribution in [0.1, 0.15) is 6.92 Å². The topological polar surface area (TPSA) is 121 Å². The molecule has 0 radical (unpaired) electrons. The Balaban J connectivity index is 1.95. The summed E-state index contributed by atoms with van der Waals surface area (Å²) in [5, 5.41) is 16.2. The summed E-state index contributed by atoms with van der Waals surface area (Å²) in [6.07, 6.45) is 0. The Hall–Kier alpha value is -3.88. The van der Waals surface area contributed by atoms with Crippen molar-refractivity contribution in [3.05, 3.63) is 52.8 Å². The van der Waals surface area contributed by atoms with Crippen LogP contribution in [0.5, 0.6) is 11.5 Å². The summed E-state index contributed by atoms with van der Waals surface area (Å²) in [7, 11) is 3.08. The van der Waals surface area contributed by atoms with Crippen LogP contribution in [-0.2, 0) is 4.79 Å². The van der Waals surface area contributed by atoms with Gasteiger partial charge in [0.05, 0.1) is 25.6 Å². The summed E-state index contributed by atoms with van der Waals surface area (Å²) in [6.45, 7) is 1.42. The van der Waals surface area contributed by atoms with Crippen LogP contribution >= 0.6 is 0 Å². The number of azo groups is 1. The molecule has 1 amide bonds. The summed E-state index contributed by atoms with van der Waals surface area (Å²) < 4.78 is 10.5. The lowest BCUT2D eigenvalue weighted by Crippen LogP contribution is -2.05. The molecular formula is C19H19N5O4. The minimum absolute atomic E-state index is 0.122. The highest BCUT2D eigenvalue weighted by Crippen LogP contribution is 2.34. The van der Waals surface area contributed by atoms with Crippen LogP contribution in [0, 0.1) is 0 Å². The Morgan fingerprint density at radius 3 is 2.50 bits per heavy atom. The third kappa shape index (κ3) is 4.09. The maximum atomic E-state index is 12.2. The third-order valence-electron chi connectivity index (χ3n) is 3.86. The molecule has 28 heavy (non-hydrogen) atoms. The average Bonchev–Trinajstić information content (AvgIpc) is 3.06. The van der Waals surface area contributed by atoms with Crippen molar-refractivity contribution in [1.82, 2.24) is 10.2 Å². The predicted octanol–water partition coefficient (Wildman–Crippen LogP) is 3.76. The summed E-state index contributed by atoms with van der Waals surface area (Å²) in [4.78, 5) is 23.4. The SMILES string of the molecule is COc1ccc(-c2[nH][nH]c(=O)c2N=Nc2cccc(NC(C)=O)c2)cc1OC. The molecule has 3 rings (SSSR count). The second-order valence-corrected chi connectivity index (χ2v) is 5.80. The second kappa shape index (κ2) is 8.21. The van der Waals surface area contributed by atoms with Gasteiger partial charge in [-0.3, -0.25) is 19.8 Å². The van der Waals surface area contributed by atoms with E-state index in [1.54, 1.807) is 49.6 Å². The maximum absolute atomic E-state index is 12.2. The molecule has 3 aromatic rings. The molecular weight excluding hydrogens is 362 g/mol. The minimum atomic E-state index is -0.411. The van der Waals surface area contributed by atoms with Crippen molar-refractivity contribution in [1.29, 1.82) is 0 Å². The molecule has 0 saturated carbocycles. The molecule has 2 aromatic carbocycles. The second-order valence-electron chi connectivity index (χ2n) is 5.80. The summed E-state index contributed by atoms with van der Waals surface area (Å²) in [5.74, 6) is 0.905. The molecule has 9 heteroatoms. The largest absolute Gasteiger partial charge is 0.493 e. The van der Waals surface area contributed by atoms with Gasteiger partial charge in [-0.25, -0.2) is 0 Å². The Morgan fingerprint density at radius 1 is 1.00 bits per heavy atom. The van der Waals surface area contributed by atoms with Crippen LogP contribution in [0.15, 0.2) is 57.5 Å². The Labute approximate surface area is 160 Å². The lowest BCUT2D eigenvalue weighted by molar-refractivity contribution is -0.114. The van der Waals surface area contributed by atoms with Gasteiger partial charge in [-0.1, -0.05) is 6.07 Å². The fourth-order valence-corrected chi connectivity index (χ4v) is 2.60. The van der Waals surface area contributed by atoms with Gasteiger partial charge in [-0.2, -0.15) is 5.11 Å². The van der Waals surface area contributed by atoms with E-state index in [1.807, 2.05) is 0 Å². The van der Waals surface area contributed by atoms with Crippen molar-refractivity contribution >= 4 is 23.0 Å². The van der Waals surface area contributed by atoms with Crippen LogP contribution in [0.25, 0.3) is 11.3 Å². The minimum Gasteiger partial charge on any atom is -0.493 e. The Morgan fingerprint density at radius 2 is 1.79 bits per heavy atom. The molecule has 0 spiro atoms. The van der Waals surface area contributed by atoms with Crippen LogP contribution < -0.4 is 20.3 Å². The number of nitrogens with zero attached hydrogens (tertiary/aromatic N) is 2. The van der Waals surface area contributed by atoms with Gasteiger partial charge in [0.15, 0.2) is 17.2 Å². The number of carbonyl (C=O) groups excluding carboxylic acids is 1. The highest BCUT2D eigenvalue weighted by molar-refractivity contribution is 5.89. The fourth-order valence-electron chi connectivity index (χ4n) is 2.60. The molecule has 9 nitrogen and oxygen atoms in total. The highest BCUT2D eigenvalue weighted by atomic mass is 16.5. The first-order valence-electron chi connectivity index (χ1n) is 8.34. The number of carbonyl (C=O) groups is 1. The first kappa shape index (κ1) is 18.9. The number of H-pyrrole nitrogens is 2. The first-order valence-corrected chi connectivity index (χ1v) is 8.34. The van der Waals surface area contributed by atoms with E-state index in [4.69, 9.17) is 9.47 Å². The number of rotatable bonds is 6. The van der Waals surface area contributed by atoms with Gasteiger partial charge in [0.25, 0.3) is 5.56 Å². The maximum Gasteiger partial charge on any atom is 0.292 e. The van der Waals surface area contributed by atoms with Crippen molar-refractivity contribution in [2.75, 3.05) is 19.5 Å². The van der Waals surface area contributed by atoms with Gasteiger partial charge in [0.1, 0.15) is 0 Å². The number of hydrogen-bond donors (Lipinski definition) is 3. The molecule has 0 aliphatic carbocycles. The number of amides is 1. The molecule has 0 saturated heterocycles. The van der Waals surface area contributed by atoms with E-state index < -0.39 is 5.56 Å². The molecule has 0 unspecified atom stereocenters. The van der Waals surface area contributed by atoms with E-state index in [0.717, 1.165) is 0 Å². The molecule has 0 atom stereocenters. The van der Waals surface area contributed by atoms with E-state index in [0.29, 0.717) is 34.1 Å². The summed E-state index contributed by atoms with van der Waals surface area (Å²) in [6, 6.07) is 12.1. The molecule has 1 aromatic heterocycles. The lowest BCUT2D eigenvalue weighted by Gasteiger charge is -2.08. The molecule has 0 aliphatic rings. The number of hydrogen-bond acceptors (Lipinski definition) is 6. The molecule has 0 aliphatic heterocycles. The van der Waals surface area contributed by atoms with Gasteiger partial charge >= 0.3 is 0 Å². The zero-order valence-electron chi connectivity index (χ0n) is 15.6. The van der Waals surface area contributed by atoms with Crippen molar-refractivity contribution < 1.29 is 14.3 Å². The zero-order valence-corrected chi connectivity index (χ0v) is 15.6. The van der Waals surface area contributed by atoms with Crippen molar-refractivity contribution in [3.8, 4) is 22.8 Å². The Bertz CT molecular complexity index is 1080. The summed E-state index contributed by atoms with van der Waals surface area (Å²) >= 11 is 0. The van der Waals surface area contributed by atoms with E-state index in [9.17, 15) is 9.59 Å². The van der Waals surface area contributed by atoms with E-state index in [2.05, 4.69) is 25.7 Å². The van der Waals surface area contributed by atoms with Crippen LogP contribution in [0.3, 0.4) is 0 Å². The predicted molar refractivity (Wildman–Crippen MR) is 105 cm³/mol. The van der Waals surface area contributed by atoms with Crippen LogP contribution in [0.4, 0.5) is 17.1 Å².